The van der Waals surface area contributed by atoms with Crippen molar-refractivity contribution >= 4 is 27.7 Å². The molecule has 0 heterocycles. The van der Waals surface area contributed by atoms with Crippen molar-refractivity contribution < 1.29 is 14.3 Å². The number of hydrogen-bond donors (Lipinski definition) is 2. The molecule has 0 spiro atoms. The first kappa shape index (κ1) is 16.8. The van der Waals surface area contributed by atoms with E-state index in [1.807, 2.05) is 12.1 Å². The van der Waals surface area contributed by atoms with Crippen molar-refractivity contribution in [1.82, 2.24) is 10.9 Å². The molecular weight excluding hydrogens is 348 g/mol. The summed E-state index contributed by atoms with van der Waals surface area (Å²) in [6.45, 7) is 1.64. The van der Waals surface area contributed by atoms with E-state index in [0.29, 0.717) is 5.75 Å². The van der Waals surface area contributed by atoms with Crippen LogP contribution in [0.2, 0.25) is 0 Å². The van der Waals surface area contributed by atoms with Gasteiger partial charge in [-0.2, -0.15) is 0 Å². The summed E-state index contributed by atoms with van der Waals surface area (Å²) < 4.78 is 6.47. The Bertz CT molecular complexity index is 513. The van der Waals surface area contributed by atoms with Gasteiger partial charge in [0.05, 0.1) is 0 Å². The van der Waals surface area contributed by atoms with Gasteiger partial charge < -0.3 is 4.74 Å². The average molecular weight is 369 g/mol. The lowest BCUT2D eigenvalue weighted by molar-refractivity contribution is -0.134. The van der Waals surface area contributed by atoms with Crippen LogP contribution in [-0.4, -0.2) is 17.9 Å². The molecule has 1 aliphatic rings. The third-order valence-corrected chi connectivity index (χ3v) is 4.31. The number of nitrogens with one attached hydrogen (secondary N) is 2. The number of halogens is 1. The molecule has 1 atom stereocenters. The molecule has 0 unspecified atom stereocenters. The zero-order valence-corrected chi connectivity index (χ0v) is 14.2. The molecule has 0 bridgehead atoms. The minimum absolute atomic E-state index is 0.0109. The molecule has 0 saturated heterocycles. The number of carbonyl (C=O) groups excluding carboxylic acids is 2. The van der Waals surface area contributed by atoms with Crippen molar-refractivity contribution in [1.29, 1.82) is 0 Å². The normalized spacial score (nSPS) is 16.6. The molecule has 0 aromatic heterocycles. The molecule has 6 heteroatoms. The van der Waals surface area contributed by atoms with E-state index in [1.54, 1.807) is 19.1 Å². The van der Waals surface area contributed by atoms with Crippen LogP contribution in [-0.2, 0) is 9.59 Å². The Morgan fingerprint density at radius 2 is 1.77 bits per heavy atom. The first-order valence-corrected chi connectivity index (χ1v) is 8.37. The number of hydrogen-bond acceptors (Lipinski definition) is 3. The summed E-state index contributed by atoms with van der Waals surface area (Å²) >= 11 is 3.34. The summed E-state index contributed by atoms with van der Waals surface area (Å²) in [6, 6.07) is 7.22. The highest BCUT2D eigenvalue weighted by molar-refractivity contribution is 9.10. The Hall–Kier alpha value is -1.56. The van der Waals surface area contributed by atoms with Gasteiger partial charge in [0.25, 0.3) is 5.91 Å². The molecule has 1 aromatic carbocycles. The second-order valence-corrected chi connectivity index (χ2v) is 6.44. The molecule has 0 aliphatic heterocycles. The molecule has 0 radical (unpaired) electrons. The second kappa shape index (κ2) is 8.17. The van der Waals surface area contributed by atoms with Crippen LogP contribution >= 0.6 is 15.9 Å². The van der Waals surface area contributed by atoms with Gasteiger partial charge in [0.2, 0.25) is 5.91 Å². The minimum Gasteiger partial charge on any atom is -0.481 e. The van der Waals surface area contributed by atoms with Gasteiger partial charge in [-0.1, -0.05) is 35.2 Å². The maximum Gasteiger partial charge on any atom is 0.279 e. The van der Waals surface area contributed by atoms with Gasteiger partial charge in [0, 0.05) is 10.4 Å². The van der Waals surface area contributed by atoms with Crippen LogP contribution in [0, 0.1) is 5.92 Å². The molecule has 22 heavy (non-hydrogen) atoms. The fourth-order valence-corrected chi connectivity index (χ4v) is 2.73. The molecule has 1 aromatic rings. The van der Waals surface area contributed by atoms with Crippen molar-refractivity contribution in [2.45, 2.75) is 45.1 Å². The van der Waals surface area contributed by atoms with Gasteiger partial charge in [-0.25, -0.2) is 0 Å². The van der Waals surface area contributed by atoms with E-state index >= 15 is 0 Å². The van der Waals surface area contributed by atoms with Crippen molar-refractivity contribution in [3.05, 3.63) is 28.7 Å². The summed E-state index contributed by atoms with van der Waals surface area (Å²) in [4.78, 5) is 23.9. The Labute approximate surface area is 138 Å². The number of carbonyl (C=O) groups is 2. The molecule has 120 valence electrons. The molecule has 1 saturated carbocycles. The van der Waals surface area contributed by atoms with Crippen LogP contribution in [0.15, 0.2) is 28.7 Å². The number of hydrazine groups is 1. The zero-order chi connectivity index (χ0) is 15.9. The van der Waals surface area contributed by atoms with Gasteiger partial charge in [0.1, 0.15) is 5.75 Å². The highest BCUT2D eigenvalue weighted by atomic mass is 79.9. The van der Waals surface area contributed by atoms with Gasteiger partial charge >= 0.3 is 0 Å². The lowest BCUT2D eigenvalue weighted by atomic mass is 9.89. The number of benzene rings is 1. The van der Waals surface area contributed by atoms with E-state index in [1.165, 1.54) is 6.42 Å². The third-order valence-electron chi connectivity index (χ3n) is 3.78. The maximum absolute atomic E-state index is 11.9. The smallest absolute Gasteiger partial charge is 0.279 e. The van der Waals surface area contributed by atoms with Crippen LogP contribution in [0.1, 0.15) is 39.0 Å². The topological polar surface area (TPSA) is 67.4 Å². The predicted molar refractivity (Wildman–Crippen MR) is 87.1 cm³/mol. The summed E-state index contributed by atoms with van der Waals surface area (Å²) in [5.74, 6) is 0.136. The summed E-state index contributed by atoms with van der Waals surface area (Å²) in [7, 11) is 0. The van der Waals surface area contributed by atoms with Crippen LogP contribution in [0.25, 0.3) is 0 Å². The van der Waals surface area contributed by atoms with Gasteiger partial charge in [0.15, 0.2) is 6.10 Å². The number of amides is 2. The van der Waals surface area contributed by atoms with Gasteiger partial charge in [-0.3, -0.25) is 20.4 Å². The number of rotatable bonds is 4. The lowest BCUT2D eigenvalue weighted by Crippen LogP contribution is -2.49. The summed E-state index contributed by atoms with van der Waals surface area (Å²) in [5, 5.41) is 0. The molecule has 2 amide bonds. The van der Waals surface area contributed by atoms with Crippen LogP contribution in [0.3, 0.4) is 0 Å². The minimum atomic E-state index is -0.687. The van der Waals surface area contributed by atoms with Gasteiger partial charge in [-0.15, -0.1) is 0 Å². The van der Waals surface area contributed by atoms with E-state index in [4.69, 9.17) is 4.74 Å². The highest BCUT2D eigenvalue weighted by Gasteiger charge is 2.22. The third kappa shape index (κ3) is 5.02. The second-order valence-electron chi connectivity index (χ2n) is 5.53. The van der Waals surface area contributed by atoms with E-state index < -0.39 is 6.10 Å². The Balaban J connectivity index is 1.76. The molecule has 2 N–H and O–H groups in total. The van der Waals surface area contributed by atoms with Crippen molar-refractivity contribution in [3.63, 3.8) is 0 Å². The fraction of sp³-hybridized carbons (Fsp3) is 0.500. The van der Waals surface area contributed by atoms with Crippen LogP contribution in [0.5, 0.6) is 5.75 Å². The summed E-state index contributed by atoms with van der Waals surface area (Å²) in [5.41, 5.74) is 4.94. The molecule has 2 rings (SSSR count). The van der Waals surface area contributed by atoms with E-state index in [-0.39, 0.29) is 17.7 Å². The van der Waals surface area contributed by atoms with Crippen molar-refractivity contribution in [2.24, 2.45) is 5.92 Å². The summed E-state index contributed by atoms with van der Waals surface area (Å²) in [6.07, 6.45) is 4.45. The monoisotopic (exact) mass is 368 g/mol. The first-order valence-electron chi connectivity index (χ1n) is 7.58. The van der Waals surface area contributed by atoms with Gasteiger partial charge in [-0.05, 0) is 44.0 Å². The van der Waals surface area contributed by atoms with E-state index in [2.05, 4.69) is 26.8 Å². The maximum atomic E-state index is 11.9. The standard InChI is InChI=1S/C16H21BrN2O3/c1-11(22-14-9-7-13(17)8-10-14)15(20)18-19-16(21)12-5-3-2-4-6-12/h7-12H,2-6H2,1H3,(H,18,20)(H,19,21)/t11-/m1/s1. The predicted octanol–water partition coefficient (Wildman–Crippen LogP) is 2.94. The largest absolute Gasteiger partial charge is 0.481 e. The fourth-order valence-electron chi connectivity index (χ4n) is 2.46. The quantitative estimate of drug-likeness (QED) is 0.802. The van der Waals surface area contributed by atoms with Crippen molar-refractivity contribution in [3.8, 4) is 5.75 Å². The first-order chi connectivity index (χ1) is 10.6. The average Bonchev–Trinajstić information content (AvgIpc) is 2.55. The zero-order valence-electron chi connectivity index (χ0n) is 12.6. The molecule has 1 aliphatic carbocycles. The Morgan fingerprint density at radius 3 is 2.41 bits per heavy atom. The lowest BCUT2D eigenvalue weighted by Gasteiger charge is -2.21. The molecular formula is C16H21BrN2O3. The highest BCUT2D eigenvalue weighted by Crippen LogP contribution is 2.23. The van der Waals surface area contributed by atoms with E-state index in [0.717, 1.165) is 30.2 Å². The molecule has 5 nitrogen and oxygen atoms in total. The number of ether oxygens (including phenoxy) is 1. The molecule has 1 fully saturated rings. The Kier molecular flexibility index (Phi) is 6.24. The van der Waals surface area contributed by atoms with E-state index in [9.17, 15) is 9.59 Å². The SMILES string of the molecule is C[C@@H](Oc1ccc(Br)cc1)C(=O)NNC(=O)C1CCCCC1. The van der Waals surface area contributed by atoms with Crippen LogP contribution < -0.4 is 15.6 Å². The Morgan fingerprint density at radius 1 is 1.14 bits per heavy atom. The van der Waals surface area contributed by atoms with Crippen molar-refractivity contribution in [2.75, 3.05) is 0 Å². The van der Waals surface area contributed by atoms with Crippen LogP contribution in [0.4, 0.5) is 0 Å².